The maximum absolute atomic E-state index is 10.2. The highest BCUT2D eigenvalue weighted by molar-refractivity contribution is 7.81. The molecule has 0 saturated carbocycles. The van der Waals surface area contributed by atoms with E-state index in [0.717, 1.165) is 0 Å². The van der Waals surface area contributed by atoms with Gasteiger partial charge in [0.2, 0.25) is 0 Å². The van der Waals surface area contributed by atoms with E-state index in [0.29, 0.717) is 5.02 Å². The summed E-state index contributed by atoms with van der Waals surface area (Å²) in [5, 5.41) is 0.330. The van der Waals surface area contributed by atoms with Crippen LogP contribution in [0.25, 0.3) is 0 Å². The molecule has 0 bridgehead atoms. The molecule has 1 aromatic carbocycles. The van der Waals surface area contributed by atoms with Gasteiger partial charge in [0.15, 0.2) is 0 Å². The van der Waals surface area contributed by atoms with Crippen molar-refractivity contribution >= 4 is 22.0 Å². The van der Waals surface area contributed by atoms with Gasteiger partial charge >= 0.3 is 10.4 Å². The van der Waals surface area contributed by atoms with Crippen molar-refractivity contribution in [2.75, 3.05) is 0 Å². The minimum absolute atomic E-state index is 0.0231. The Morgan fingerprint density at radius 2 is 2.08 bits per heavy atom. The summed E-state index contributed by atoms with van der Waals surface area (Å²) in [5.74, 6) is -0.0231. The van der Waals surface area contributed by atoms with Crippen LogP contribution in [0.15, 0.2) is 24.3 Å². The largest absolute Gasteiger partial charge is 0.446 e. The Morgan fingerprint density at radius 1 is 1.42 bits per heavy atom. The molecule has 6 heteroatoms. The van der Waals surface area contributed by atoms with Gasteiger partial charge in [0.05, 0.1) is 0 Å². The molecule has 0 aliphatic rings. The molecule has 0 fully saturated rings. The zero-order valence-electron chi connectivity index (χ0n) is 5.77. The Morgan fingerprint density at radius 3 is 2.58 bits per heavy atom. The predicted molar refractivity (Wildman–Crippen MR) is 43.6 cm³/mol. The predicted octanol–water partition coefficient (Wildman–Crippen LogP) is 1.52. The van der Waals surface area contributed by atoms with E-state index in [1.54, 1.807) is 6.07 Å². The van der Waals surface area contributed by atoms with Crippen molar-refractivity contribution in [3.05, 3.63) is 29.3 Å². The number of halogens is 1. The zero-order chi connectivity index (χ0) is 9.19. The van der Waals surface area contributed by atoms with E-state index in [9.17, 15) is 8.42 Å². The molecule has 1 rings (SSSR count). The Hall–Kier alpha value is -0.780. The molecule has 0 heterocycles. The van der Waals surface area contributed by atoms with E-state index in [-0.39, 0.29) is 5.75 Å². The van der Waals surface area contributed by atoms with Crippen molar-refractivity contribution in [2.45, 2.75) is 0 Å². The van der Waals surface area contributed by atoms with E-state index in [1.165, 1.54) is 18.2 Å². The van der Waals surface area contributed by atoms with Gasteiger partial charge in [-0.15, -0.1) is 0 Å². The number of rotatable bonds is 2. The smallest absolute Gasteiger partial charge is 0.362 e. The van der Waals surface area contributed by atoms with Gasteiger partial charge in [-0.25, -0.2) is 0 Å². The summed E-state index contributed by atoms with van der Waals surface area (Å²) >= 11 is 5.52. The first kappa shape index (κ1) is 9.31. The molecule has 0 atom stereocenters. The molecule has 0 saturated heterocycles. The third kappa shape index (κ3) is 3.08. The summed E-state index contributed by atoms with van der Waals surface area (Å²) in [6, 6.07) is 5.69. The van der Waals surface area contributed by atoms with Crippen LogP contribution in [0, 0.1) is 0 Å². The minimum Gasteiger partial charge on any atom is -0.362 e. The fourth-order valence-corrected chi connectivity index (χ4v) is 1.17. The highest BCUT2D eigenvalue weighted by Gasteiger charge is 2.05. The van der Waals surface area contributed by atoms with Crippen LogP contribution in [-0.2, 0) is 10.4 Å². The molecule has 1 aromatic rings. The van der Waals surface area contributed by atoms with Crippen LogP contribution in [0.4, 0.5) is 0 Å². The van der Waals surface area contributed by atoms with Gasteiger partial charge in [-0.1, -0.05) is 17.7 Å². The quantitative estimate of drug-likeness (QED) is 0.749. The molecule has 0 spiro atoms. The standard InChI is InChI=1S/C6H5ClO4S/c7-5-2-1-3-6(4-5)11-12(8,9)10/h1-4H,(H,8,9,10). The summed E-state index contributed by atoms with van der Waals surface area (Å²) < 4.78 is 32.8. The second kappa shape index (κ2) is 3.30. The Kier molecular flexibility index (Phi) is 2.56. The lowest BCUT2D eigenvalue weighted by Gasteiger charge is -1.99. The molecule has 0 unspecified atom stereocenters. The number of hydrogen-bond donors (Lipinski definition) is 1. The summed E-state index contributed by atoms with van der Waals surface area (Å²) in [4.78, 5) is 0. The molecule has 0 amide bonds. The normalized spacial score (nSPS) is 11.2. The summed E-state index contributed by atoms with van der Waals surface area (Å²) in [6.07, 6.45) is 0. The van der Waals surface area contributed by atoms with Crippen LogP contribution in [0.2, 0.25) is 5.02 Å². The van der Waals surface area contributed by atoms with Crippen LogP contribution >= 0.6 is 11.6 Å². The van der Waals surface area contributed by atoms with Gasteiger partial charge in [0.1, 0.15) is 5.75 Å². The Labute approximate surface area is 74.7 Å². The van der Waals surface area contributed by atoms with Gasteiger partial charge in [-0.05, 0) is 12.1 Å². The molecular weight excluding hydrogens is 204 g/mol. The third-order valence-corrected chi connectivity index (χ3v) is 1.64. The maximum Gasteiger partial charge on any atom is 0.446 e. The van der Waals surface area contributed by atoms with Crippen LogP contribution in [0.5, 0.6) is 5.75 Å². The van der Waals surface area contributed by atoms with Crippen LogP contribution in [0.1, 0.15) is 0 Å². The molecule has 0 aromatic heterocycles. The Balaban J connectivity index is 2.91. The summed E-state index contributed by atoms with van der Waals surface area (Å²) in [5.41, 5.74) is 0. The average molecular weight is 209 g/mol. The summed E-state index contributed by atoms with van der Waals surface area (Å²) in [6.45, 7) is 0. The topological polar surface area (TPSA) is 63.6 Å². The molecule has 4 nitrogen and oxygen atoms in total. The summed E-state index contributed by atoms with van der Waals surface area (Å²) in [7, 11) is -4.45. The fraction of sp³-hybridized carbons (Fsp3) is 0. The van der Waals surface area contributed by atoms with Crippen molar-refractivity contribution in [3.63, 3.8) is 0 Å². The van der Waals surface area contributed by atoms with Gasteiger partial charge in [0, 0.05) is 11.1 Å². The Bertz CT molecular complexity index is 373. The fourth-order valence-electron chi connectivity index (χ4n) is 0.640. The first-order valence-electron chi connectivity index (χ1n) is 2.90. The highest BCUT2D eigenvalue weighted by Crippen LogP contribution is 2.17. The molecule has 12 heavy (non-hydrogen) atoms. The van der Waals surface area contributed by atoms with Gasteiger partial charge in [-0.2, -0.15) is 8.42 Å². The van der Waals surface area contributed by atoms with Crippen molar-refractivity contribution < 1.29 is 17.2 Å². The van der Waals surface area contributed by atoms with E-state index < -0.39 is 10.4 Å². The average Bonchev–Trinajstić information content (AvgIpc) is 1.82. The maximum atomic E-state index is 10.2. The number of hydrogen-bond acceptors (Lipinski definition) is 3. The van der Waals surface area contributed by atoms with Crippen molar-refractivity contribution in [1.82, 2.24) is 0 Å². The van der Waals surface area contributed by atoms with Gasteiger partial charge < -0.3 is 4.18 Å². The van der Waals surface area contributed by atoms with Crippen molar-refractivity contribution in [3.8, 4) is 5.75 Å². The zero-order valence-corrected chi connectivity index (χ0v) is 7.34. The third-order valence-electron chi connectivity index (χ3n) is 0.998. The van der Waals surface area contributed by atoms with Crippen molar-refractivity contribution in [1.29, 1.82) is 0 Å². The molecule has 0 radical (unpaired) electrons. The lowest BCUT2D eigenvalue weighted by Crippen LogP contribution is -2.06. The SMILES string of the molecule is O=S(=O)(O)Oc1cccc(Cl)c1. The lowest BCUT2D eigenvalue weighted by atomic mass is 10.3. The molecule has 66 valence electrons. The van der Waals surface area contributed by atoms with E-state index >= 15 is 0 Å². The second-order valence-corrected chi connectivity index (χ2v) is 3.43. The van der Waals surface area contributed by atoms with E-state index in [2.05, 4.69) is 4.18 Å². The number of benzene rings is 1. The van der Waals surface area contributed by atoms with Crippen LogP contribution in [0.3, 0.4) is 0 Å². The van der Waals surface area contributed by atoms with Crippen LogP contribution < -0.4 is 4.18 Å². The molecule has 0 aliphatic carbocycles. The second-order valence-electron chi connectivity index (χ2n) is 1.97. The monoisotopic (exact) mass is 208 g/mol. The lowest BCUT2D eigenvalue weighted by molar-refractivity contribution is 0.387. The highest BCUT2D eigenvalue weighted by atomic mass is 35.5. The first-order valence-corrected chi connectivity index (χ1v) is 4.64. The minimum atomic E-state index is -4.45. The molecular formula is C6H5ClO4S. The van der Waals surface area contributed by atoms with E-state index in [4.69, 9.17) is 16.2 Å². The van der Waals surface area contributed by atoms with E-state index in [1.807, 2.05) is 0 Å². The van der Waals surface area contributed by atoms with Gasteiger partial charge in [-0.3, -0.25) is 4.55 Å². The first-order chi connectivity index (χ1) is 5.47. The van der Waals surface area contributed by atoms with Gasteiger partial charge in [0.25, 0.3) is 0 Å². The van der Waals surface area contributed by atoms with Crippen LogP contribution in [-0.4, -0.2) is 13.0 Å². The van der Waals surface area contributed by atoms with Crippen molar-refractivity contribution in [2.24, 2.45) is 0 Å². The molecule has 1 N–H and O–H groups in total. The molecule has 0 aliphatic heterocycles.